The fourth-order valence-electron chi connectivity index (χ4n) is 3.57. The second-order valence-corrected chi connectivity index (χ2v) is 7.25. The van der Waals surface area contributed by atoms with Gasteiger partial charge in [-0.25, -0.2) is 4.68 Å². The molecule has 0 saturated carbocycles. The van der Waals surface area contributed by atoms with E-state index in [9.17, 15) is 4.79 Å². The second kappa shape index (κ2) is 9.49. The average molecular weight is 390 g/mol. The fraction of sp³-hybridized carbons (Fsp3) is 0.304. The first-order chi connectivity index (χ1) is 14.3. The van der Waals surface area contributed by atoms with Crippen LogP contribution in [0.4, 0.5) is 0 Å². The number of aromatic nitrogens is 2. The van der Waals surface area contributed by atoms with Crippen molar-refractivity contribution in [2.45, 2.75) is 12.5 Å². The third kappa shape index (κ3) is 5.31. The number of morpholine rings is 1. The molecule has 0 spiro atoms. The van der Waals surface area contributed by atoms with Gasteiger partial charge in [-0.05, 0) is 23.3 Å². The molecular weight excluding hydrogens is 364 g/mol. The Balaban J connectivity index is 1.41. The van der Waals surface area contributed by atoms with Gasteiger partial charge in [0.2, 0.25) is 5.91 Å². The molecule has 2 heterocycles. The molecule has 29 heavy (non-hydrogen) atoms. The average Bonchev–Trinajstić information content (AvgIpc) is 3.24. The predicted octanol–water partition coefficient (Wildman–Crippen LogP) is 2.60. The van der Waals surface area contributed by atoms with Crippen molar-refractivity contribution in [1.29, 1.82) is 0 Å². The third-order valence-electron chi connectivity index (χ3n) is 5.10. The molecule has 4 rings (SSSR count). The maximum absolute atomic E-state index is 12.8. The molecule has 0 radical (unpaired) electrons. The summed E-state index contributed by atoms with van der Waals surface area (Å²) >= 11 is 0. The first-order valence-electron chi connectivity index (χ1n) is 10.0. The number of benzene rings is 2. The molecule has 1 saturated heterocycles. The molecule has 1 N–H and O–H groups in total. The highest BCUT2D eigenvalue weighted by Gasteiger charge is 2.20. The smallest absolute Gasteiger partial charge is 0.225 e. The maximum atomic E-state index is 12.8. The number of carbonyl (C=O) groups is 1. The first-order valence-corrected chi connectivity index (χ1v) is 10.0. The second-order valence-electron chi connectivity index (χ2n) is 7.25. The molecule has 3 aromatic rings. The first kappa shape index (κ1) is 19.4. The van der Waals surface area contributed by atoms with Crippen molar-refractivity contribution in [3.05, 3.63) is 84.2 Å². The van der Waals surface area contributed by atoms with Gasteiger partial charge in [0.15, 0.2) is 0 Å². The molecule has 0 unspecified atom stereocenters. The van der Waals surface area contributed by atoms with E-state index in [1.807, 2.05) is 54.7 Å². The summed E-state index contributed by atoms with van der Waals surface area (Å²) in [5.74, 6) is -0.000255. The number of carbonyl (C=O) groups excluding carboxylic acids is 1. The van der Waals surface area contributed by atoms with Gasteiger partial charge in [-0.1, -0.05) is 48.5 Å². The highest BCUT2D eigenvalue weighted by Crippen LogP contribution is 2.16. The molecule has 6 heteroatoms. The van der Waals surface area contributed by atoms with E-state index in [1.54, 1.807) is 10.9 Å². The number of rotatable bonds is 7. The lowest BCUT2D eigenvalue weighted by Crippen LogP contribution is -2.43. The Morgan fingerprint density at radius 3 is 2.45 bits per heavy atom. The largest absolute Gasteiger partial charge is 0.379 e. The lowest BCUT2D eigenvalue weighted by atomic mass is 10.1. The van der Waals surface area contributed by atoms with Crippen molar-refractivity contribution in [2.24, 2.45) is 0 Å². The van der Waals surface area contributed by atoms with Crippen molar-refractivity contribution >= 4 is 5.91 Å². The van der Waals surface area contributed by atoms with Crippen molar-refractivity contribution in [1.82, 2.24) is 20.0 Å². The Bertz CT molecular complexity index is 905. The van der Waals surface area contributed by atoms with Crippen LogP contribution < -0.4 is 5.32 Å². The van der Waals surface area contributed by atoms with Crippen molar-refractivity contribution in [3.63, 3.8) is 0 Å². The highest BCUT2D eigenvalue weighted by molar-refractivity contribution is 5.79. The zero-order valence-electron chi connectivity index (χ0n) is 16.4. The number of amides is 1. The van der Waals surface area contributed by atoms with E-state index in [1.165, 1.54) is 0 Å². The van der Waals surface area contributed by atoms with Gasteiger partial charge in [-0.15, -0.1) is 0 Å². The summed E-state index contributed by atoms with van der Waals surface area (Å²) < 4.78 is 7.24. The Hall–Kier alpha value is -2.96. The van der Waals surface area contributed by atoms with Crippen LogP contribution in [0.25, 0.3) is 5.69 Å². The number of hydrogen-bond acceptors (Lipinski definition) is 4. The van der Waals surface area contributed by atoms with E-state index < -0.39 is 0 Å². The number of para-hydroxylation sites is 1. The van der Waals surface area contributed by atoms with E-state index >= 15 is 0 Å². The summed E-state index contributed by atoms with van der Waals surface area (Å²) in [6.07, 6.45) is 3.97. The molecule has 0 bridgehead atoms. The Morgan fingerprint density at radius 2 is 1.72 bits per heavy atom. The minimum Gasteiger partial charge on any atom is -0.379 e. The predicted molar refractivity (Wildman–Crippen MR) is 112 cm³/mol. The zero-order valence-corrected chi connectivity index (χ0v) is 16.4. The summed E-state index contributed by atoms with van der Waals surface area (Å²) in [6, 6.07) is 20.0. The number of ether oxygens (including phenoxy) is 1. The highest BCUT2D eigenvalue weighted by atomic mass is 16.5. The van der Waals surface area contributed by atoms with Crippen LogP contribution in [-0.2, 0) is 16.0 Å². The lowest BCUT2D eigenvalue weighted by molar-refractivity contribution is -0.121. The topological polar surface area (TPSA) is 59.4 Å². The molecule has 2 aromatic carbocycles. The molecule has 1 atom stereocenters. The summed E-state index contributed by atoms with van der Waals surface area (Å²) in [6.45, 7) is 4.05. The van der Waals surface area contributed by atoms with Crippen LogP contribution in [-0.4, -0.2) is 53.4 Å². The van der Waals surface area contributed by atoms with Gasteiger partial charge in [0, 0.05) is 25.8 Å². The van der Waals surface area contributed by atoms with Crippen LogP contribution in [0.15, 0.2) is 73.1 Å². The minimum absolute atomic E-state index is 0.000255. The summed E-state index contributed by atoms with van der Waals surface area (Å²) in [5, 5.41) is 7.60. The summed E-state index contributed by atoms with van der Waals surface area (Å²) in [7, 11) is 0. The normalized spacial score (nSPS) is 15.7. The van der Waals surface area contributed by atoms with Gasteiger partial charge in [0.1, 0.15) is 0 Å². The lowest BCUT2D eigenvalue weighted by Gasteiger charge is -2.31. The van der Waals surface area contributed by atoms with Gasteiger partial charge in [-0.3, -0.25) is 9.69 Å². The number of nitrogens with zero attached hydrogens (tertiary/aromatic N) is 3. The van der Waals surface area contributed by atoms with E-state index in [2.05, 4.69) is 27.4 Å². The van der Waals surface area contributed by atoms with E-state index in [0.29, 0.717) is 6.42 Å². The number of nitrogens with one attached hydrogen (secondary N) is 1. The molecule has 1 amide bonds. The Kier molecular flexibility index (Phi) is 6.34. The molecule has 1 fully saturated rings. The summed E-state index contributed by atoms with van der Waals surface area (Å²) in [5.41, 5.74) is 2.99. The zero-order chi connectivity index (χ0) is 19.9. The van der Waals surface area contributed by atoms with Crippen molar-refractivity contribution in [3.8, 4) is 5.69 Å². The molecular formula is C23H26N4O2. The van der Waals surface area contributed by atoms with Gasteiger partial charge in [0.25, 0.3) is 0 Å². The van der Waals surface area contributed by atoms with E-state index in [0.717, 1.165) is 49.7 Å². The molecule has 1 aliphatic rings. The van der Waals surface area contributed by atoms with Crippen LogP contribution in [0.5, 0.6) is 0 Å². The van der Waals surface area contributed by atoms with Crippen molar-refractivity contribution in [2.75, 3.05) is 32.8 Å². The van der Waals surface area contributed by atoms with Crippen molar-refractivity contribution < 1.29 is 9.53 Å². The molecule has 0 aliphatic carbocycles. The Morgan fingerprint density at radius 1 is 1.03 bits per heavy atom. The van der Waals surface area contributed by atoms with Crippen LogP contribution in [0, 0.1) is 0 Å². The van der Waals surface area contributed by atoms with E-state index in [4.69, 9.17) is 4.74 Å². The molecule has 6 nitrogen and oxygen atoms in total. The quantitative estimate of drug-likeness (QED) is 0.674. The van der Waals surface area contributed by atoms with Crippen LogP contribution >= 0.6 is 0 Å². The maximum Gasteiger partial charge on any atom is 0.225 e. The third-order valence-corrected chi connectivity index (χ3v) is 5.10. The van der Waals surface area contributed by atoms with E-state index in [-0.39, 0.29) is 11.9 Å². The monoisotopic (exact) mass is 390 g/mol. The molecule has 1 aromatic heterocycles. The van der Waals surface area contributed by atoms with Crippen LogP contribution in [0.2, 0.25) is 0 Å². The number of hydrogen-bond donors (Lipinski definition) is 1. The summed E-state index contributed by atoms with van der Waals surface area (Å²) in [4.78, 5) is 15.1. The standard InChI is InChI=1S/C23H26N4O2/c28-23(15-19-16-24-27(17-19)21-9-5-2-6-10-21)25-22(20-7-3-1-4-8-20)18-26-11-13-29-14-12-26/h1-10,16-17,22H,11-15,18H2,(H,25,28)/t22-/m1/s1. The fourth-order valence-corrected chi connectivity index (χ4v) is 3.57. The Labute approximate surface area is 171 Å². The van der Waals surface area contributed by atoms with Gasteiger partial charge < -0.3 is 10.1 Å². The minimum atomic E-state index is -0.0500. The SMILES string of the molecule is O=C(Cc1cnn(-c2ccccc2)c1)N[C@H](CN1CCOCC1)c1ccccc1. The van der Waals surface area contributed by atoms with Gasteiger partial charge in [0.05, 0.1) is 37.6 Å². The van der Waals surface area contributed by atoms with Gasteiger partial charge >= 0.3 is 0 Å². The molecule has 150 valence electrons. The van der Waals surface area contributed by atoms with Gasteiger partial charge in [-0.2, -0.15) is 5.10 Å². The molecule has 1 aliphatic heterocycles. The van der Waals surface area contributed by atoms with Crippen LogP contribution in [0.1, 0.15) is 17.2 Å². The van der Waals surface area contributed by atoms with Crippen LogP contribution in [0.3, 0.4) is 0 Å².